The van der Waals surface area contributed by atoms with Crippen LogP contribution in [0.2, 0.25) is 0 Å². The van der Waals surface area contributed by atoms with E-state index in [0.29, 0.717) is 0 Å². The monoisotopic (exact) mass is 410 g/mol. The fraction of sp³-hybridized carbons (Fsp3) is 0.0323. The molecule has 0 radical (unpaired) electrons. The lowest BCUT2D eigenvalue weighted by atomic mass is 9.93. The first-order chi connectivity index (χ1) is 15.8. The van der Waals surface area contributed by atoms with Gasteiger partial charge in [-0.05, 0) is 58.0 Å². The van der Waals surface area contributed by atoms with Crippen molar-refractivity contribution in [2.75, 3.05) is 0 Å². The largest absolute Gasteiger partial charge is 0.456 e. The van der Waals surface area contributed by atoms with Crippen molar-refractivity contribution in [1.82, 2.24) is 0 Å². The van der Waals surface area contributed by atoms with Crippen LogP contribution in [0.5, 0.6) is 0 Å². The zero-order chi connectivity index (χ0) is 21.3. The lowest BCUT2D eigenvalue weighted by Crippen LogP contribution is -1.89. The Labute approximate surface area is 187 Å². The third kappa shape index (κ3) is 3.38. The molecule has 152 valence electrons. The van der Waals surface area contributed by atoms with E-state index in [1.807, 2.05) is 12.1 Å². The molecule has 32 heavy (non-hydrogen) atoms. The summed E-state index contributed by atoms with van der Waals surface area (Å²) in [6, 6.07) is 42.9. The second kappa shape index (κ2) is 7.86. The van der Waals surface area contributed by atoms with Gasteiger partial charge in [-0.15, -0.1) is 0 Å². The summed E-state index contributed by atoms with van der Waals surface area (Å²) in [7, 11) is 0. The maximum absolute atomic E-state index is 5.97. The van der Waals surface area contributed by atoms with Gasteiger partial charge in [-0.25, -0.2) is 0 Å². The number of rotatable bonds is 4. The molecular weight excluding hydrogens is 388 g/mol. The molecule has 1 heterocycles. The summed E-state index contributed by atoms with van der Waals surface area (Å²) in [5.74, 6) is 0. The highest BCUT2D eigenvalue weighted by Gasteiger charge is 2.09. The Hall–Kier alpha value is -4.10. The molecular formula is C31H22O. The molecule has 1 heteroatoms. The van der Waals surface area contributed by atoms with E-state index in [4.69, 9.17) is 4.42 Å². The Balaban J connectivity index is 1.31. The molecule has 0 N–H and O–H groups in total. The molecule has 0 fully saturated rings. The predicted octanol–water partition coefficient (Wildman–Crippen LogP) is 8.51. The van der Waals surface area contributed by atoms with Crippen LogP contribution in [0.1, 0.15) is 11.1 Å². The van der Waals surface area contributed by atoms with Gasteiger partial charge >= 0.3 is 0 Å². The molecule has 0 aliphatic heterocycles. The maximum Gasteiger partial charge on any atom is 0.135 e. The summed E-state index contributed by atoms with van der Waals surface area (Å²) < 4.78 is 5.97. The maximum atomic E-state index is 5.97. The molecule has 6 rings (SSSR count). The van der Waals surface area contributed by atoms with Gasteiger partial charge in [-0.2, -0.15) is 0 Å². The fourth-order valence-electron chi connectivity index (χ4n) is 4.53. The van der Waals surface area contributed by atoms with Crippen molar-refractivity contribution in [2.24, 2.45) is 0 Å². The molecule has 0 spiro atoms. The smallest absolute Gasteiger partial charge is 0.135 e. The van der Waals surface area contributed by atoms with Gasteiger partial charge in [0.1, 0.15) is 11.2 Å². The molecule has 6 aromatic rings. The standard InChI is InChI=1S/C31H22O/c1-2-8-24(9-3-1)26-10-4-5-11-27(26)25-17-14-22(15-18-25)20-23-16-19-31-29(21-23)28-12-6-7-13-30(28)32-31/h1-19,21H,20H2. The van der Waals surface area contributed by atoms with Crippen molar-refractivity contribution in [3.05, 3.63) is 132 Å². The first-order valence-corrected chi connectivity index (χ1v) is 11.0. The Morgan fingerprint density at radius 2 is 1.03 bits per heavy atom. The molecule has 0 amide bonds. The third-order valence-electron chi connectivity index (χ3n) is 6.13. The van der Waals surface area contributed by atoms with E-state index in [1.54, 1.807) is 0 Å². The van der Waals surface area contributed by atoms with Gasteiger partial charge in [0.05, 0.1) is 0 Å². The summed E-state index contributed by atoms with van der Waals surface area (Å²) in [6.07, 6.45) is 0.899. The minimum absolute atomic E-state index is 0.899. The van der Waals surface area contributed by atoms with Gasteiger partial charge in [0.25, 0.3) is 0 Å². The van der Waals surface area contributed by atoms with Crippen LogP contribution in [0.4, 0.5) is 0 Å². The van der Waals surface area contributed by atoms with Crippen LogP contribution >= 0.6 is 0 Å². The highest BCUT2D eigenvalue weighted by atomic mass is 16.3. The third-order valence-corrected chi connectivity index (χ3v) is 6.13. The highest BCUT2D eigenvalue weighted by Crippen LogP contribution is 2.33. The summed E-state index contributed by atoms with van der Waals surface area (Å²) in [5.41, 5.74) is 9.50. The summed E-state index contributed by atoms with van der Waals surface area (Å²) >= 11 is 0. The Bertz CT molecular complexity index is 1520. The van der Waals surface area contributed by atoms with Crippen LogP contribution in [0.25, 0.3) is 44.2 Å². The van der Waals surface area contributed by atoms with E-state index >= 15 is 0 Å². The quantitative estimate of drug-likeness (QED) is 0.284. The van der Waals surface area contributed by atoms with Crippen LogP contribution in [0.15, 0.2) is 126 Å². The molecule has 0 unspecified atom stereocenters. The summed E-state index contributed by atoms with van der Waals surface area (Å²) in [6.45, 7) is 0. The van der Waals surface area contributed by atoms with Crippen molar-refractivity contribution < 1.29 is 4.42 Å². The van der Waals surface area contributed by atoms with E-state index < -0.39 is 0 Å². The van der Waals surface area contributed by atoms with E-state index in [9.17, 15) is 0 Å². The molecule has 0 saturated heterocycles. The predicted molar refractivity (Wildman–Crippen MR) is 134 cm³/mol. The molecule has 1 nitrogen and oxygen atoms in total. The number of furan rings is 1. The number of para-hydroxylation sites is 1. The first kappa shape index (κ1) is 18.7. The van der Waals surface area contributed by atoms with Gasteiger partial charge in [0, 0.05) is 10.8 Å². The van der Waals surface area contributed by atoms with E-state index in [1.165, 1.54) is 44.2 Å². The molecule has 0 aliphatic carbocycles. The second-order valence-electron chi connectivity index (χ2n) is 8.21. The van der Waals surface area contributed by atoms with Crippen LogP contribution in [0.3, 0.4) is 0 Å². The molecule has 0 aliphatic rings. The number of benzene rings is 5. The molecule has 0 atom stereocenters. The SMILES string of the molecule is c1ccc(-c2ccccc2-c2ccc(Cc3ccc4oc5ccccc5c4c3)cc2)cc1. The van der Waals surface area contributed by atoms with Gasteiger partial charge < -0.3 is 4.42 Å². The molecule has 5 aromatic carbocycles. The van der Waals surface area contributed by atoms with Crippen LogP contribution in [-0.4, -0.2) is 0 Å². The van der Waals surface area contributed by atoms with Gasteiger partial charge in [0.2, 0.25) is 0 Å². The lowest BCUT2D eigenvalue weighted by molar-refractivity contribution is 0.669. The number of fused-ring (bicyclic) bond motifs is 3. The van der Waals surface area contributed by atoms with Gasteiger partial charge in [-0.3, -0.25) is 0 Å². The Kier molecular flexibility index (Phi) is 4.58. The molecule has 0 bridgehead atoms. The second-order valence-corrected chi connectivity index (χ2v) is 8.21. The van der Waals surface area contributed by atoms with Gasteiger partial charge in [0.15, 0.2) is 0 Å². The summed E-state index contributed by atoms with van der Waals surface area (Å²) in [5, 5.41) is 2.36. The minimum Gasteiger partial charge on any atom is -0.456 e. The van der Waals surface area contributed by atoms with Crippen molar-refractivity contribution in [1.29, 1.82) is 0 Å². The summed E-state index contributed by atoms with van der Waals surface area (Å²) in [4.78, 5) is 0. The van der Waals surface area contributed by atoms with Gasteiger partial charge in [-0.1, -0.05) is 103 Å². The first-order valence-electron chi connectivity index (χ1n) is 11.0. The van der Waals surface area contributed by atoms with Crippen molar-refractivity contribution >= 4 is 21.9 Å². The van der Waals surface area contributed by atoms with Crippen molar-refractivity contribution in [3.8, 4) is 22.3 Å². The van der Waals surface area contributed by atoms with E-state index in [0.717, 1.165) is 17.6 Å². The average molecular weight is 411 g/mol. The Morgan fingerprint density at radius 1 is 0.438 bits per heavy atom. The van der Waals surface area contributed by atoms with Crippen molar-refractivity contribution in [3.63, 3.8) is 0 Å². The molecule has 0 saturated carbocycles. The fourth-order valence-corrected chi connectivity index (χ4v) is 4.53. The molecule has 1 aromatic heterocycles. The van der Waals surface area contributed by atoms with Crippen molar-refractivity contribution in [2.45, 2.75) is 6.42 Å². The highest BCUT2D eigenvalue weighted by molar-refractivity contribution is 6.05. The zero-order valence-corrected chi connectivity index (χ0v) is 17.7. The normalized spacial score (nSPS) is 11.2. The minimum atomic E-state index is 0.899. The zero-order valence-electron chi connectivity index (χ0n) is 17.7. The number of hydrogen-bond donors (Lipinski definition) is 0. The van der Waals surface area contributed by atoms with E-state index in [-0.39, 0.29) is 0 Å². The topological polar surface area (TPSA) is 13.1 Å². The lowest BCUT2D eigenvalue weighted by Gasteiger charge is -2.11. The van der Waals surface area contributed by atoms with Crippen LogP contribution in [-0.2, 0) is 6.42 Å². The Morgan fingerprint density at radius 3 is 1.81 bits per heavy atom. The van der Waals surface area contributed by atoms with E-state index in [2.05, 4.69) is 109 Å². The van der Waals surface area contributed by atoms with Crippen LogP contribution < -0.4 is 0 Å². The van der Waals surface area contributed by atoms with Crippen LogP contribution in [0, 0.1) is 0 Å². The average Bonchev–Trinajstić information content (AvgIpc) is 3.23. The number of hydrogen-bond acceptors (Lipinski definition) is 1.